The SMILES string of the molecule is O=C1CCC=C1C(Sc1ccccc1C(=O)O)c1ccccc1. The third-order valence-electron chi connectivity index (χ3n) is 3.80. The van der Waals surface area contributed by atoms with Gasteiger partial charge in [-0.25, -0.2) is 4.79 Å². The molecule has 0 saturated heterocycles. The molecule has 1 N–H and O–H groups in total. The molecule has 2 aromatic carbocycles. The van der Waals surface area contributed by atoms with Crippen molar-refractivity contribution in [1.82, 2.24) is 0 Å². The van der Waals surface area contributed by atoms with Gasteiger partial charge in [0.25, 0.3) is 0 Å². The average Bonchev–Trinajstić information content (AvgIpc) is 2.99. The van der Waals surface area contributed by atoms with Crippen LogP contribution in [-0.2, 0) is 4.79 Å². The molecule has 23 heavy (non-hydrogen) atoms. The summed E-state index contributed by atoms with van der Waals surface area (Å²) in [5.74, 6) is -0.800. The molecule has 116 valence electrons. The number of rotatable bonds is 5. The fourth-order valence-corrected chi connectivity index (χ4v) is 4.02. The van der Waals surface area contributed by atoms with Crippen LogP contribution in [0.4, 0.5) is 0 Å². The number of allylic oxidation sites excluding steroid dienone is 1. The Balaban J connectivity index is 2.01. The molecular weight excluding hydrogens is 308 g/mol. The number of carboxylic acid groups (broad SMARTS) is 1. The van der Waals surface area contributed by atoms with Crippen molar-refractivity contribution < 1.29 is 14.7 Å². The van der Waals surface area contributed by atoms with Gasteiger partial charge in [-0.1, -0.05) is 48.5 Å². The zero-order valence-corrected chi connectivity index (χ0v) is 13.3. The van der Waals surface area contributed by atoms with E-state index in [0.717, 1.165) is 17.6 Å². The van der Waals surface area contributed by atoms with Crippen molar-refractivity contribution in [2.24, 2.45) is 0 Å². The van der Waals surface area contributed by atoms with E-state index in [-0.39, 0.29) is 16.6 Å². The Kier molecular flexibility index (Phi) is 4.63. The summed E-state index contributed by atoms with van der Waals surface area (Å²) in [5, 5.41) is 9.20. The van der Waals surface area contributed by atoms with E-state index < -0.39 is 5.97 Å². The van der Waals surface area contributed by atoms with Crippen LogP contribution in [0.2, 0.25) is 0 Å². The number of carboxylic acids is 1. The van der Waals surface area contributed by atoms with Crippen LogP contribution in [0, 0.1) is 0 Å². The number of aromatic carboxylic acids is 1. The van der Waals surface area contributed by atoms with E-state index >= 15 is 0 Å². The van der Waals surface area contributed by atoms with Gasteiger partial charge >= 0.3 is 5.97 Å². The highest BCUT2D eigenvalue weighted by atomic mass is 32.2. The number of carbonyl (C=O) groups excluding carboxylic acids is 1. The van der Waals surface area contributed by atoms with Crippen LogP contribution < -0.4 is 0 Å². The van der Waals surface area contributed by atoms with Gasteiger partial charge in [-0.05, 0) is 24.1 Å². The molecule has 3 nitrogen and oxygen atoms in total. The zero-order valence-electron chi connectivity index (χ0n) is 12.4. The summed E-state index contributed by atoms with van der Waals surface area (Å²) >= 11 is 1.43. The normalized spacial score (nSPS) is 15.3. The van der Waals surface area contributed by atoms with Crippen molar-refractivity contribution in [3.05, 3.63) is 77.4 Å². The maximum absolute atomic E-state index is 12.2. The van der Waals surface area contributed by atoms with E-state index in [1.807, 2.05) is 42.5 Å². The summed E-state index contributed by atoms with van der Waals surface area (Å²) in [4.78, 5) is 24.3. The summed E-state index contributed by atoms with van der Waals surface area (Å²) in [6, 6.07) is 16.7. The third kappa shape index (κ3) is 3.37. The quantitative estimate of drug-likeness (QED) is 0.822. The van der Waals surface area contributed by atoms with Gasteiger partial charge in [0.05, 0.1) is 10.8 Å². The predicted molar refractivity (Wildman–Crippen MR) is 90.8 cm³/mol. The molecule has 3 rings (SSSR count). The van der Waals surface area contributed by atoms with E-state index in [1.54, 1.807) is 18.2 Å². The lowest BCUT2D eigenvalue weighted by atomic mass is 10.0. The first-order valence-corrected chi connectivity index (χ1v) is 8.32. The number of carbonyl (C=O) groups is 2. The Morgan fingerprint density at radius 2 is 1.74 bits per heavy atom. The number of hydrogen-bond donors (Lipinski definition) is 1. The summed E-state index contributed by atoms with van der Waals surface area (Å²) in [7, 11) is 0. The van der Waals surface area contributed by atoms with Crippen molar-refractivity contribution >= 4 is 23.5 Å². The van der Waals surface area contributed by atoms with Crippen LogP contribution in [0.25, 0.3) is 0 Å². The Hall–Kier alpha value is -2.33. The van der Waals surface area contributed by atoms with E-state index in [2.05, 4.69) is 0 Å². The van der Waals surface area contributed by atoms with Crippen LogP contribution in [-0.4, -0.2) is 16.9 Å². The number of ketones is 1. The number of Topliss-reactive ketones (excluding diaryl/α,β-unsaturated/α-hetero) is 1. The van der Waals surface area contributed by atoms with Crippen molar-refractivity contribution in [3.63, 3.8) is 0 Å². The molecule has 0 bridgehead atoms. The highest BCUT2D eigenvalue weighted by Crippen LogP contribution is 2.44. The highest BCUT2D eigenvalue weighted by Gasteiger charge is 2.27. The third-order valence-corrected chi connectivity index (χ3v) is 5.18. The summed E-state index contributed by atoms with van der Waals surface area (Å²) in [5.41, 5.74) is 2.06. The molecular formula is C19H16O3S. The predicted octanol–water partition coefficient (Wildman–Crippen LogP) is 4.51. The second-order valence-corrected chi connectivity index (χ2v) is 6.48. The van der Waals surface area contributed by atoms with Gasteiger partial charge < -0.3 is 5.11 Å². The van der Waals surface area contributed by atoms with Gasteiger partial charge in [0.2, 0.25) is 0 Å². The van der Waals surface area contributed by atoms with Crippen LogP contribution in [0.5, 0.6) is 0 Å². The standard InChI is InChI=1S/C19H16O3S/c20-16-11-6-10-14(16)18(13-7-2-1-3-8-13)23-17-12-5-4-9-15(17)19(21)22/h1-5,7-10,12,18H,6,11H2,(H,21,22). The van der Waals surface area contributed by atoms with Crippen molar-refractivity contribution in [3.8, 4) is 0 Å². The Bertz CT molecular complexity index is 765. The number of benzene rings is 2. The van der Waals surface area contributed by atoms with Crippen molar-refractivity contribution in [1.29, 1.82) is 0 Å². The highest BCUT2D eigenvalue weighted by molar-refractivity contribution is 7.99. The van der Waals surface area contributed by atoms with Crippen LogP contribution >= 0.6 is 11.8 Å². The lowest BCUT2D eigenvalue weighted by Crippen LogP contribution is -2.07. The van der Waals surface area contributed by atoms with Gasteiger partial charge in [-0.3, -0.25) is 4.79 Å². The molecule has 0 aliphatic heterocycles. The molecule has 0 saturated carbocycles. The Labute approximate surface area is 139 Å². The smallest absolute Gasteiger partial charge is 0.336 e. The van der Waals surface area contributed by atoms with Crippen LogP contribution in [0.15, 0.2) is 71.1 Å². The minimum absolute atomic E-state index is 0.152. The Morgan fingerprint density at radius 3 is 2.39 bits per heavy atom. The zero-order chi connectivity index (χ0) is 16.2. The minimum Gasteiger partial charge on any atom is -0.478 e. The lowest BCUT2D eigenvalue weighted by Gasteiger charge is -2.19. The molecule has 0 heterocycles. The lowest BCUT2D eigenvalue weighted by molar-refractivity contribution is -0.115. The second kappa shape index (κ2) is 6.84. The number of thioether (sulfide) groups is 1. The largest absolute Gasteiger partial charge is 0.478 e. The van der Waals surface area contributed by atoms with Gasteiger partial charge in [-0.15, -0.1) is 11.8 Å². The molecule has 0 fully saturated rings. The maximum atomic E-state index is 12.2. The molecule has 0 aromatic heterocycles. The summed E-state index contributed by atoms with van der Waals surface area (Å²) < 4.78 is 0. The molecule has 1 unspecified atom stereocenters. The van der Waals surface area contributed by atoms with Crippen LogP contribution in [0.3, 0.4) is 0 Å². The second-order valence-electron chi connectivity index (χ2n) is 5.33. The van der Waals surface area contributed by atoms with Crippen molar-refractivity contribution in [2.75, 3.05) is 0 Å². The van der Waals surface area contributed by atoms with Gasteiger partial charge in [0.1, 0.15) is 0 Å². The first-order valence-electron chi connectivity index (χ1n) is 7.44. The topological polar surface area (TPSA) is 54.4 Å². The summed E-state index contributed by atoms with van der Waals surface area (Å²) in [6.07, 6.45) is 3.29. The molecule has 1 aliphatic rings. The van der Waals surface area contributed by atoms with Gasteiger partial charge in [0, 0.05) is 16.9 Å². The molecule has 2 aromatic rings. The number of hydrogen-bond acceptors (Lipinski definition) is 3. The Morgan fingerprint density at radius 1 is 1.04 bits per heavy atom. The fourth-order valence-electron chi connectivity index (χ4n) is 2.68. The summed E-state index contributed by atoms with van der Waals surface area (Å²) in [6.45, 7) is 0. The van der Waals surface area contributed by atoms with Crippen molar-refractivity contribution in [2.45, 2.75) is 23.0 Å². The van der Waals surface area contributed by atoms with E-state index in [9.17, 15) is 14.7 Å². The molecule has 1 atom stereocenters. The van der Waals surface area contributed by atoms with Gasteiger partial charge in [0.15, 0.2) is 5.78 Å². The fraction of sp³-hybridized carbons (Fsp3) is 0.158. The first-order chi connectivity index (χ1) is 11.2. The molecule has 0 amide bonds. The van der Waals surface area contributed by atoms with Crippen LogP contribution in [0.1, 0.15) is 34.0 Å². The first kappa shape index (κ1) is 15.6. The van der Waals surface area contributed by atoms with Gasteiger partial charge in [-0.2, -0.15) is 0 Å². The van der Waals surface area contributed by atoms with E-state index in [4.69, 9.17) is 0 Å². The maximum Gasteiger partial charge on any atom is 0.336 e. The van der Waals surface area contributed by atoms with E-state index in [0.29, 0.717) is 11.3 Å². The molecule has 1 aliphatic carbocycles. The van der Waals surface area contributed by atoms with E-state index in [1.165, 1.54) is 11.8 Å². The molecule has 4 heteroatoms. The monoisotopic (exact) mass is 324 g/mol. The molecule has 0 radical (unpaired) electrons. The minimum atomic E-state index is -0.952. The average molecular weight is 324 g/mol. The molecule has 0 spiro atoms.